The minimum atomic E-state index is 0.347. The first-order chi connectivity index (χ1) is 9.74. The lowest BCUT2D eigenvalue weighted by atomic mass is 10.2. The third-order valence-electron chi connectivity index (χ3n) is 2.89. The molecular formula is C14H12ClN5. The van der Waals surface area contributed by atoms with Gasteiger partial charge in [-0.15, -0.1) is 10.2 Å². The van der Waals surface area contributed by atoms with E-state index in [0.29, 0.717) is 11.8 Å². The number of aromatic nitrogens is 5. The number of hydrogen-bond donors (Lipinski definition) is 0. The van der Waals surface area contributed by atoms with E-state index in [1.165, 1.54) is 0 Å². The maximum atomic E-state index is 6.13. The summed E-state index contributed by atoms with van der Waals surface area (Å²) in [6, 6.07) is 11.7. The number of benzene rings is 1. The van der Waals surface area contributed by atoms with E-state index in [9.17, 15) is 0 Å². The molecule has 3 rings (SSSR count). The molecule has 0 aliphatic rings. The van der Waals surface area contributed by atoms with Gasteiger partial charge in [0.15, 0.2) is 5.82 Å². The van der Waals surface area contributed by atoms with Crippen LogP contribution in [0.15, 0.2) is 42.6 Å². The highest BCUT2D eigenvalue weighted by Gasteiger charge is 2.13. The first kappa shape index (κ1) is 12.7. The van der Waals surface area contributed by atoms with Crippen LogP contribution in [0.1, 0.15) is 11.5 Å². The zero-order chi connectivity index (χ0) is 13.9. The highest BCUT2D eigenvalue weighted by atomic mass is 35.5. The molecule has 0 bridgehead atoms. The van der Waals surface area contributed by atoms with Gasteiger partial charge in [0.2, 0.25) is 5.28 Å². The van der Waals surface area contributed by atoms with Gasteiger partial charge in [-0.3, -0.25) is 4.57 Å². The standard InChI is InChI=1S/C14H12ClN5/c1-10-16-8-7-12(17-10)9-20-13(18-19-14(20)15)11-5-3-2-4-6-11/h2-8H,9H2,1H3. The van der Waals surface area contributed by atoms with Crippen molar-refractivity contribution in [3.05, 3.63) is 59.4 Å². The Morgan fingerprint density at radius 1 is 1.10 bits per heavy atom. The normalized spacial score (nSPS) is 10.7. The molecular weight excluding hydrogens is 274 g/mol. The molecule has 2 heterocycles. The molecule has 0 saturated heterocycles. The van der Waals surface area contributed by atoms with Crippen molar-refractivity contribution in [2.45, 2.75) is 13.5 Å². The lowest BCUT2D eigenvalue weighted by molar-refractivity contribution is 0.767. The molecule has 1 aromatic carbocycles. The predicted molar refractivity (Wildman–Crippen MR) is 76.3 cm³/mol. The van der Waals surface area contributed by atoms with E-state index >= 15 is 0 Å². The lowest BCUT2D eigenvalue weighted by Crippen LogP contribution is -2.05. The molecule has 3 aromatic rings. The van der Waals surface area contributed by atoms with Crippen LogP contribution in [0.3, 0.4) is 0 Å². The van der Waals surface area contributed by atoms with E-state index in [0.717, 1.165) is 22.9 Å². The molecule has 20 heavy (non-hydrogen) atoms. The van der Waals surface area contributed by atoms with Crippen molar-refractivity contribution < 1.29 is 0 Å². The molecule has 5 nitrogen and oxygen atoms in total. The minimum Gasteiger partial charge on any atom is -0.292 e. The van der Waals surface area contributed by atoms with Gasteiger partial charge in [0, 0.05) is 11.8 Å². The van der Waals surface area contributed by atoms with Gasteiger partial charge >= 0.3 is 0 Å². The van der Waals surface area contributed by atoms with Crippen molar-refractivity contribution in [1.29, 1.82) is 0 Å². The van der Waals surface area contributed by atoms with E-state index < -0.39 is 0 Å². The van der Waals surface area contributed by atoms with Crippen molar-refractivity contribution in [2.24, 2.45) is 0 Å². The van der Waals surface area contributed by atoms with Crippen LogP contribution in [0.5, 0.6) is 0 Å². The van der Waals surface area contributed by atoms with E-state index in [1.54, 1.807) is 6.20 Å². The molecule has 0 atom stereocenters. The maximum Gasteiger partial charge on any atom is 0.225 e. The first-order valence-corrected chi connectivity index (χ1v) is 6.54. The number of halogens is 1. The van der Waals surface area contributed by atoms with Gasteiger partial charge in [0.1, 0.15) is 5.82 Å². The maximum absolute atomic E-state index is 6.13. The highest BCUT2D eigenvalue weighted by molar-refractivity contribution is 6.28. The van der Waals surface area contributed by atoms with Crippen LogP contribution in [0.25, 0.3) is 11.4 Å². The Hall–Kier alpha value is -2.27. The summed E-state index contributed by atoms with van der Waals surface area (Å²) in [5.41, 5.74) is 1.84. The topological polar surface area (TPSA) is 56.5 Å². The second kappa shape index (κ2) is 5.38. The summed E-state index contributed by atoms with van der Waals surface area (Å²) < 4.78 is 1.83. The van der Waals surface area contributed by atoms with Gasteiger partial charge in [-0.2, -0.15) is 0 Å². The van der Waals surface area contributed by atoms with Gasteiger partial charge in [-0.1, -0.05) is 30.3 Å². The fourth-order valence-electron chi connectivity index (χ4n) is 1.98. The third-order valence-corrected chi connectivity index (χ3v) is 3.17. The zero-order valence-corrected chi connectivity index (χ0v) is 11.6. The molecule has 0 amide bonds. The fourth-order valence-corrected chi connectivity index (χ4v) is 2.16. The third kappa shape index (κ3) is 2.53. The predicted octanol–water partition coefficient (Wildman–Crippen LogP) is 2.75. The number of rotatable bonds is 3. The molecule has 0 saturated carbocycles. The largest absolute Gasteiger partial charge is 0.292 e. The fraction of sp³-hybridized carbons (Fsp3) is 0.143. The molecule has 0 aliphatic heterocycles. The smallest absolute Gasteiger partial charge is 0.225 e. The summed E-state index contributed by atoms with van der Waals surface area (Å²) in [5, 5.41) is 8.44. The van der Waals surface area contributed by atoms with Crippen LogP contribution < -0.4 is 0 Å². The summed E-state index contributed by atoms with van der Waals surface area (Å²) in [6.07, 6.45) is 1.73. The molecule has 0 aliphatic carbocycles. The van der Waals surface area contributed by atoms with Crippen LogP contribution in [0.2, 0.25) is 5.28 Å². The Morgan fingerprint density at radius 2 is 1.90 bits per heavy atom. The van der Waals surface area contributed by atoms with E-state index in [-0.39, 0.29) is 0 Å². The summed E-state index contributed by atoms with van der Waals surface area (Å²) in [4.78, 5) is 8.47. The highest BCUT2D eigenvalue weighted by Crippen LogP contribution is 2.21. The number of aryl methyl sites for hydroxylation is 1. The molecule has 2 aromatic heterocycles. The van der Waals surface area contributed by atoms with Gasteiger partial charge in [0.05, 0.1) is 12.2 Å². The van der Waals surface area contributed by atoms with Gasteiger partial charge in [-0.05, 0) is 24.6 Å². The van der Waals surface area contributed by atoms with E-state index in [2.05, 4.69) is 20.2 Å². The van der Waals surface area contributed by atoms with Crippen molar-refractivity contribution >= 4 is 11.6 Å². The monoisotopic (exact) mass is 285 g/mol. The van der Waals surface area contributed by atoms with Crippen LogP contribution in [0, 0.1) is 6.92 Å². The van der Waals surface area contributed by atoms with Crippen molar-refractivity contribution in [3.8, 4) is 11.4 Å². The zero-order valence-electron chi connectivity index (χ0n) is 10.9. The quantitative estimate of drug-likeness (QED) is 0.742. The van der Waals surface area contributed by atoms with Crippen LogP contribution in [-0.4, -0.2) is 24.7 Å². The average Bonchev–Trinajstić information content (AvgIpc) is 2.81. The van der Waals surface area contributed by atoms with Crippen molar-refractivity contribution in [2.75, 3.05) is 0 Å². The van der Waals surface area contributed by atoms with Gasteiger partial charge < -0.3 is 0 Å². The first-order valence-electron chi connectivity index (χ1n) is 6.16. The van der Waals surface area contributed by atoms with E-state index in [4.69, 9.17) is 11.6 Å². The molecule has 0 spiro atoms. The molecule has 0 radical (unpaired) electrons. The Labute approximate surface area is 121 Å². The van der Waals surface area contributed by atoms with Crippen LogP contribution in [-0.2, 0) is 6.54 Å². The summed E-state index contributed by atoms with van der Waals surface area (Å²) >= 11 is 6.13. The van der Waals surface area contributed by atoms with Crippen LogP contribution in [0.4, 0.5) is 0 Å². The SMILES string of the molecule is Cc1nccc(Cn2c(Cl)nnc2-c2ccccc2)n1. The second-order valence-corrected chi connectivity index (χ2v) is 4.68. The van der Waals surface area contributed by atoms with Crippen molar-refractivity contribution in [1.82, 2.24) is 24.7 Å². The average molecular weight is 286 g/mol. The Kier molecular flexibility index (Phi) is 3.43. The molecule has 0 unspecified atom stereocenters. The number of nitrogens with zero attached hydrogens (tertiary/aromatic N) is 5. The Bertz CT molecular complexity index is 723. The van der Waals surface area contributed by atoms with Crippen LogP contribution >= 0.6 is 11.6 Å². The minimum absolute atomic E-state index is 0.347. The van der Waals surface area contributed by atoms with E-state index in [1.807, 2.05) is 47.9 Å². The second-order valence-electron chi connectivity index (χ2n) is 4.34. The van der Waals surface area contributed by atoms with Gasteiger partial charge in [0.25, 0.3) is 0 Å². The molecule has 100 valence electrons. The lowest BCUT2D eigenvalue weighted by Gasteiger charge is -2.07. The summed E-state index contributed by atoms with van der Waals surface area (Å²) in [5.74, 6) is 1.46. The Balaban J connectivity index is 2.00. The Morgan fingerprint density at radius 3 is 2.65 bits per heavy atom. The molecule has 0 N–H and O–H groups in total. The van der Waals surface area contributed by atoms with Gasteiger partial charge in [-0.25, -0.2) is 9.97 Å². The molecule has 0 fully saturated rings. The summed E-state index contributed by atoms with van der Waals surface area (Å²) in [7, 11) is 0. The number of hydrogen-bond acceptors (Lipinski definition) is 4. The van der Waals surface area contributed by atoms with Crippen molar-refractivity contribution in [3.63, 3.8) is 0 Å². The summed E-state index contributed by atoms with van der Waals surface area (Å²) in [6.45, 7) is 2.37. The molecule has 6 heteroatoms.